The third kappa shape index (κ3) is 12.3. The molecule has 7 heterocycles. The molecule has 0 bridgehead atoms. The van der Waals surface area contributed by atoms with Gasteiger partial charge >= 0.3 is 12.4 Å². The number of alkyl halides is 6. The highest BCUT2D eigenvalue weighted by Crippen LogP contribution is 2.37. The standard InChI is InChI=1S/C28H25F3N4O2.C19H15F3N4O.C9H10O/c29-28(30,31)22-9-4-8-21(17-22)24-25(20-10-12-32-13-11-20)33-27-34(14-5-15-35(27)26(24)37)18-23(36)16-19-6-2-1-3-7-19;20-19(21,22)14-4-1-3-13(11-14)15-16(12-5-8-23-9-6-12)25-18-24-7-2-10-26(18)17(15)27;1-2-4-8(5-3-1)6-9-7-10-9/h1-4,6-13,17,23,36H,5,14-16,18H2;1,3-6,8-9,11H,2,7,10H2,(H,24,25);1-5,9H,6-7H2. The maximum Gasteiger partial charge on any atom is 0.416 e. The van der Waals surface area contributed by atoms with Gasteiger partial charge < -0.3 is 20.1 Å². The minimum atomic E-state index is -4.55. The number of hydrogen-bond donors (Lipinski definition) is 2. The van der Waals surface area contributed by atoms with Crippen molar-refractivity contribution in [3.05, 3.63) is 201 Å². The zero-order valence-electron chi connectivity index (χ0n) is 39.8. The lowest BCUT2D eigenvalue weighted by Crippen LogP contribution is -2.43. The highest BCUT2D eigenvalue weighted by Gasteiger charge is 2.33. The molecule has 0 saturated carbocycles. The van der Waals surface area contributed by atoms with Crippen LogP contribution in [0.1, 0.15) is 35.1 Å². The molecule has 2 atom stereocenters. The normalized spacial score (nSPS) is 15.2. The molecule has 0 radical (unpaired) electrons. The maximum atomic E-state index is 13.8. The number of nitrogens with zero attached hydrogens (tertiary/aromatic N) is 7. The van der Waals surface area contributed by atoms with Gasteiger partial charge in [0.15, 0.2) is 0 Å². The van der Waals surface area contributed by atoms with E-state index < -0.39 is 35.1 Å². The van der Waals surface area contributed by atoms with E-state index >= 15 is 0 Å². The van der Waals surface area contributed by atoms with Crippen LogP contribution in [0.5, 0.6) is 0 Å². The van der Waals surface area contributed by atoms with Gasteiger partial charge in [0.2, 0.25) is 11.9 Å². The fraction of sp³-hybridized carbons (Fsp3) is 0.250. The zero-order valence-corrected chi connectivity index (χ0v) is 39.8. The minimum Gasteiger partial charge on any atom is -0.391 e. The fourth-order valence-corrected chi connectivity index (χ4v) is 8.94. The van der Waals surface area contributed by atoms with Crippen LogP contribution in [0.25, 0.3) is 44.8 Å². The first-order chi connectivity index (χ1) is 35.7. The van der Waals surface area contributed by atoms with Crippen LogP contribution < -0.4 is 21.3 Å². The summed E-state index contributed by atoms with van der Waals surface area (Å²) in [4.78, 5) is 46.2. The highest BCUT2D eigenvalue weighted by molar-refractivity contribution is 5.82. The van der Waals surface area contributed by atoms with E-state index in [1.165, 1.54) is 39.0 Å². The molecule has 12 nitrogen and oxygen atoms in total. The van der Waals surface area contributed by atoms with Crippen molar-refractivity contribution in [2.24, 2.45) is 0 Å². The van der Waals surface area contributed by atoms with Gasteiger partial charge in [-0.2, -0.15) is 26.3 Å². The Bertz CT molecular complexity index is 3300. The Morgan fingerprint density at radius 1 is 0.608 bits per heavy atom. The van der Waals surface area contributed by atoms with Crippen molar-refractivity contribution in [1.29, 1.82) is 0 Å². The molecule has 0 aliphatic carbocycles. The molecule has 2 unspecified atom stereocenters. The Morgan fingerprint density at radius 3 is 1.66 bits per heavy atom. The number of halogens is 6. The second-order valence-corrected chi connectivity index (χ2v) is 17.9. The summed E-state index contributed by atoms with van der Waals surface area (Å²) in [6.07, 6.45) is -0.106. The van der Waals surface area contributed by atoms with E-state index in [1.807, 2.05) is 41.3 Å². The van der Waals surface area contributed by atoms with Gasteiger partial charge in [0.25, 0.3) is 11.1 Å². The number of hydrogen-bond acceptors (Lipinski definition) is 10. The average molecular weight is 1010 g/mol. The first-order valence-electron chi connectivity index (χ1n) is 24.0. The van der Waals surface area contributed by atoms with Crippen molar-refractivity contribution >= 4 is 11.9 Å². The summed E-state index contributed by atoms with van der Waals surface area (Å²) < 4.78 is 88.0. The van der Waals surface area contributed by atoms with Crippen LogP contribution in [0.4, 0.5) is 38.2 Å². The van der Waals surface area contributed by atoms with Gasteiger partial charge in [-0.3, -0.25) is 28.7 Å². The fourth-order valence-electron chi connectivity index (χ4n) is 8.94. The van der Waals surface area contributed by atoms with E-state index in [0.29, 0.717) is 73.8 Å². The highest BCUT2D eigenvalue weighted by atomic mass is 19.4. The van der Waals surface area contributed by atoms with Crippen molar-refractivity contribution in [1.82, 2.24) is 29.1 Å². The number of anilines is 2. The lowest BCUT2D eigenvalue weighted by atomic mass is 9.99. The zero-order chi connectivity index (χ0) is 51.8. The molecule has 1 saturated heterocycles. The lowest BCUT2D eigenvalue weighted by molar-refractivity contribution is -0.138. The molecule has 8 aromatic rings. The number of aliphatic hydroxyl groups excluding tert-OH is 1. The van der Waals surface area contributed by atoms with Crippen LogP contribution in [-0.2, 0) is 43.0 Å². The summed E-state index contributed by atoms with van der Waals surface area (Å²) in [5.41, 5.74) is 2.35. The predicted molar refractivity (Wildman–Crippen MR) is 270 cm³/mol. The van der Waals surface area contributed by atoms with E-state index in [4.69, 9.17) is 9.72 Å². The minimum absolute atomic E-state index is 0.104. The number of aromatic nitrogens is 6. The van der Waals surface area contributed by atoms with Crippen LogP contribution in [-0.4, -0.2) is 72.6 Å². The van der Waals surface area contributed by atoms with Gasteiger partial charge in [0, 0.05) is 81.5 Å². The van der Waals surface area contributed by atoms with Crippen molar-refractivity contribution in [3.8, 4) is 44.8 Å². The Balaban J connectivity index is 0.000000157. The second-order valence-electron chi connectivity index (χ2n) is 17.9. The number of nitrogens with one attached hydrogen (secondary N) is 1. The van der Waals surface area contributed by atoms with Crippen LogP contribution in [0.3, 0.4) is 0 Å². The van der Waals surface area contributed by atoms with E-state index in [-0.39, 0.29) is 40.1 Å². The van der Waals surface area contributed by atoms with Crippen molar-refractivity contribution in [2.45, 2.75) is 63.3 Å². The molecular formula is C56H50F6N8O4. The molecule has 11 rings (SSSR count). The molecule has 380 valence electrons. The topological polar surface area (TPSA) is 144 Å². The van der Waals surface area contributed by atoms with Crippen LogP contribution >= 0.6 is 0 Å². The van der Waals surface area contributed by atoms with E-state index in [9.17, 15) is 41.0 Å². The van der Waals surface area contributed by atoms with Gasteiger partial charge in [-0.1, -0.05) is 84.9 Å². The van der Waals surface area contributed by atoms with Gasteiger partial charge in [-0.05, 0) is 83.6 Å². The number of aliphatic hydroxyl groups is 1. The number of epoxide rings is 1. The van der Waals surface area contributed by atoms with Crippen molar-refractivity contribution < 1.29 is 36.2 Å². The van der Waals surface area contributed by atoms with Crippen molar-refractivity contribution in [3.63, 3.8) is 0 Å². The largest absolute Gasteiger partial charge is 0.416 e. The molecule has 4 aromatic carbocycles. The number of benzene rings is 4. The Kier molecular flexibility index (Phi) is 15.4. The maximum absolute atomic E-state index is 13.8. The summed E-state index contributed by atoms with van der Waals surface area (Å²) >= 11 is 0. The summed E-state index contributed by atoms with van der Waals surface area (Å²) in [7, 11) is 0. The Labute approximate surface area is 421 Å². The monoisotopic (exact) mass is 1010 g/mol. The number of β-amino-alcohol motifs (C(OH)–C–C–N with tert-alkyl or cyclic N) is 1. The predicted octanol–water partition coefficient (Wildman–Crippen LogP) is 10.2. The SMILES string of the molecule is O=c1c(-c2cccc(C(F)(F)F)c2)c(-c2ccncc2)nc2n1CCCN2.O=c1c(-c2cccc(C(F)(F)F)c2)c(-c2ccncc2)nc2n1CCCN2CC(O)Cc1ccccc1.c1ccc(CC2CO2)cc1. The first-order valence-corrected chi connectivity index (χ1v) is 24.0. The number of pyridine rings is 2. The summed E-state index contributed by atoms with van der Waals surface area (Å²) in [6, 6.07) is 36.3. The molecule has 3 aliphatic rings. The smallest absolute Gasteiger partial charge is 0.391 e. The van der Waals surface area contributed by atoms with Crippen LogP contribution in [0.2, 0.25) is 0 Å². The molecule has 2 N–H and O–H groups in total. The molecule has 74 heavy (non-hydrogen) atoms. The Hall–Kier alpha value is -7.96. The summed E-state index contributed by atoms with van der Waals surface area (Å²) in [5, 5.41) is 13.9. The number of ether oxygens (including phenoxy) is 1. The molecule has 3 aliphatic heterocycles. The third-order valence-corrected chi connectivity index (χ3v) is 12.6. The van der Waals surface area contributed by atoms with Gasteiger partial charge in [0.05, 0.1) is 52.5 Å². The van der Waals surface area contributed by atoms with E-state index in [2.05, 4.69) is 44.5 Å². The molecule has 4 aromatic heterocycles. The first kappa shape index (κ1) is 51.0. The molecule has 18 heteroatoms. The molecule has 0 spiro atoms. The van der Waals surface area contributed by atoms with Gasteiger partial charge in [-0.15, -0.1) is 0 Å². The Morgan fingerprint density at radius 2 is 1.12 bits per heavy atom. The van der Waals surface area contributed by atoms with E-state index in [1.54, 1.807) is 49.1 Å². The summed E-state index contributed by atoms with van der Waals surface area (Å²) in [6.45, 7) is 3.35. The lowest BCUT2D eigenvalue weighted by Gasteiger charge is -2.33. The average Bonchev–Trinajstić information content (AvgIpc) is 4.24. The quantitative estimate of drug-likeness (QED) is 0.100. The van der Waals surface area contributed by atoms with Crippen molar-refractivity contribution in [2.75, 3.05) is 36.5 Å². The summed E-state index contributed by atoms with van der Waals surface area (Å²) in [5.74, 6) is 0.819. The van der Waals surface area contributed by atoms with Crippen LogP contribution in [0.15, 0.2) is 168 Å². The van der Waals surface area contributed by atoms with Gasteiger partial charge in [0.1, 0.15) is 0 Å². The number of rotatable bonds is 10. The van der Waals surface area contributed by atoms with Gasteiger partial charge in [-0.25, -0.2) is 9.97 Å². The van der Waals surface area contributed by atoms with E-state index in [0.717, 1.165) is 49.3 Å². The molecule has 1 fully saturated rings. The third-order valence-electron chi connectivity index (χ3n) is 12.6. The molecular weight excluding hydrogens is 963 g/mol. The number of fused-ring (bicyclic) bond motifs is 2. The molecule has 0 amide bonds. The second kappa shape index (κ2) is 22.4. The van der Waals surface area contributed by atoms with Crippen LogP contribution in [0, 0.1) is 0 Å².